The molecule has 8 heteroatoms. The highest BCUT2D eigenvalue weighted by Gasteiger charge is 2.16. The second kappa shape index (κ2) is 7.27. The lowest BCUT2D eigenvalue weighted by atomic mass is 10.1. The van der Waals surface area contributed by atoms with Crippen molar-refractivity contribution >= 4 is 29.2 Å². The minimum atomic E-state index is -0.333. The Kier molecular flexibility index (Phi) is 4.90. The second-order valence-electron chi connectivity index (χ2n) is 5.35. The van der Waals surface area contributed by atoms with Crippen LogP contribution in [0.3, 0.4) is 0 Å². The van der Waals surface area contributed by atoms with Gasteiger partial charge in [-0.25, -0.2) is 15.0 Å². The Hall–Kier alpha value is -2.67. The number of ether oxygens (including phenoxy) is 1. The van der Waals surface area contributed by atoms with Gasteiger partial charge in [0.05, 0.1) is 18.4 Å². The molecule has 1 amide bonds. The van der Waals surface area contributed by atoms with Gasteiger partial charge in [-0.3, -0.25) is 4.79 Å². The fourth-order valence-electron chi connectivity index (χ4n) is 2.30. The lowest BCUT2D eigenvalue weighted by molar-refractivity contribution is 0.102. The molecule has 0 fully saturated rings. The van der Waals surface area contributed by atoms with Gasteiger partial charge in [0.1, 0.15) is 17.5 Å². The third kappa shape index (κ3) is 4.20. The maximum absolute atomic E-state index is 12.0. The maximum Gasteiger partial charge on any atom is 0.282 e. The lowest BCUT2D eigenvalue weighted by Crippen LogP contribution is -2.14. The zero-order chi connectivity index (χ0) is 16.9. The molecule has 0 spiro atoms. The van der Waals surface area contributed by atoms with Crippen LogP contribution < -0.4 is 11.1 Å². The van der Waals surface area contributed by atoms with Crippen LogP contribution in [0.4, 0.5) is 5.69 Å². The number of halogens is 1. The zero-order valence-corrected chi connectivity index (χ0v) is 13.5. The molecule has 2 aromatic rings. The molecule has 3 N–H and O–H groups in total. The van der Waals surface area contributed by atoms with Crippen LogP contribution in [-0.4, -0.2) is 34.5 Å². The van der Waals surface area contributed by atoms with Crippen LogP contribution in [0.15, 0.2) is 41.7 Å². The first kappa shape index (κ1) is 16.2. The monoisotopic (exact) mass is 345 g/mol. The zero-order valence-electron chi connectivity index (χ0n) is 12.8. The van der Waals surface area contributed by atoms with Gasteiger partial charge in [0.25, 0.3) is 11.9 Å². The molecular weight excluding hydrogens is 330 g/mol. The molecule has 1 aromatic carbocycles. The van der Waals surface area contributed by atoms with Crippen molar-refractivity contribution < 1.29 is 9.53 Å². The fourth-order valence-corrected chi connectivity index (χ4v) is 2.39. The molecule has 7 nitrogen and oxygen atoms in total. The molecule has 0 saturated heterocycles. The number of hydrogen-bond acceptors (Lipinski definition) is 6. The van der Waals surface area contributed by atoms with Crippen molar-refractivity contribution in [2.75, 3.05) is 11.9 Å². The van der Waals surface area contributed by atoms with Gasteiger partial charge < -0.3 is 15.8 Å². The van der Waals surface area contributed by atoms with E-state index in [0.717, 1.165) is 18.4 Å². The standard InChI is InChI=1S/C16H16ClN5O2/c17-14-8-19-13(7-20-14)15(23)21-11-4-1-10(2-5-11)3-6-12-9-24-16(18)22-12/h1-2,4-5,7-8,12H,3,6,9H2,(H2,18,22)(H,21,23)/t12-/m0/s1. The van der Waals surface area contributed by atoms with Gasteiger partial charge in [-0.05, 0) is 30.5 Å². The van der Waals surface area contributed by atoms with Crippen LogP contribution in [-0.2, 0) is 11.2 Å². The Morgan fingerprint density at radius 2 is 2.08 bits per heavy atom. The SMILES string of the molecule is NC1=N[C@@H](CCc2ccc(NC(=O)c3cnc(Cl)cn3)cc2)CO1. The van der Waals surface area contributed by atoms with Crippen molar-refractivity contribution in [2.24, 2.45) is 10.7 Å². The van der Waals surface area contributed by atoms with E-state index in [1.54, 1.807) is 0 Å². The van der Waals surface area contributed by atoms with Gasteiger partial charge in [-0.1, -0.05) is 23.7 Å². The molecule has 0 bridgehead atoms. The van der Waals surface area contributed by atoms with Crippen LogP contribution in [0.2, 0.25) is 5.15 Å². The van der Waals surface area contributed by atoms with Crippen LogP contribution in [0.1, 0.15) is 22.5 Å². The molecule has 24 heavy (non-hydrogen) atoms. The molecular formula is C16H16ClN5O2. The van der Waals surface area contributed by atoms with Crippen LogP contribution in [0.5, 0.6) is 0 Å². The Labute approximate surface area is 143 Å². The van der Waals surface area contributed by atoms with E-state index in [-0.39, 0.29) is 28.8 Å². The predicted octanol–water partition coefficient (Wildman–Crippen LogP) is 2.03. The Morgan fingerprint density at radius 3 is 2.71 bits per heavy atom. The number of aromatic nitrogens is 2. The number of nitrogens with two attached hydrogens (primary N) is 1. The number of carbonyl (C=O) groups is 1. The van der Waals surface area contributed by atoms with Crippen molar-refractivity contribution in [3.05, 3.63) is 53.1 Å². The lowest BCUT2D eigenvalue weighted by Gasteiger charge is -2.07. The minimum Gasteiger partial charge on any atom is -0.463 e. The Bertz CT molecular complexity index is 746. The summed E-state index contributed by atoms with van der Waals surface area (Å²) in [6, 6.07) is 8.01. The predicted molar refractivity (Wildman–Crippen MR) is 91.1 cm³/mol. The highest BCUT2D eigenvalue weighted by atomic mass is 35.5. The summed E-state index contributed by atoms with van der Waals surface area (Å²) >= 11 is 5.65. The van der Waals surface area contributed by atoms with E-state index >= 15 is 0 Å². The summed E-state index contributed by atoms with van der Waals surface area (Å²) < 4.78 is 5.13. The molecule has 0 radical (unpaired) electrons. The molecule has 1 atom stereocenters. The van der Waals surface area contributed by atoms with Gasteiger partial charge >= 0.3 is 0 Å². The summed E-state index contributed by atoms with van der Waals surface area (Å²) in [6.07, 6.45) is 4.40. The first-order valence-electron chi connectivity index (χ1n) is 7.44. The average Bonchev–Trinajstić information content (AvgIpc) is 3.00. The van der Waals surface area contributed by atoms with E-state index in [1.165, 1.54) is 12.4 Å². The molecule has 1 aliphatic rings. The van der Waals surface area contributed by atoms with E-state index in [9.17, 15) is 4.79 Å². The molecule has 1 aromatic heterocycles. The van der Waals surface area contributed by atoms with Crippen LogP contribution in [0, 0.1) is 0 Å². The third-order valence-corrected chi connectivity index (χ3v) is 3.76. The Balaban J connectivity index is 1.54. The molecule has 1 aliphatic heterocycles. The number of nitrogens with one attached hydrogen (secondary N) is 1. The largest absolute Gasteiger partial charge is 0.463 e. The molecule has 3 rings (SSSR count). The molecule has 124 valence electrons. The number of nitrogens with zero attached hydrogens (tertiary/aromatic N) is 3. The van der Waals surface area contributed by atoms with Gasteiger partial charge in [-0.2, -0.15) is 0 Å². The number of anilines is 1. The second-order valence-corrected chi connectivity index (χ2v) is 5.73. The summed E-state index contributed by atoms with van der Waals surface area (Å²) in [5.74, 6) is -0.333. The van der Waals surface area contributed by atoms with Gasteiger partial charge in [0.15, 0.2) is 0 Å². The van der Waals surface area contributed by atoms with Gasteiger partial charge in [0, 0.05) is 5.69 Å². The van der Waals surface area contributed by atoms with E-state index in [1.807, 2.05) is 24.3 Å². The fraction of sp³-hybridized carbons (Fsp3) is 0.250. The van der Waals surface area contributed by atoms with E-state index in [0.29, 0.717) is 12.3 Å². The van der Waals surface area contributed by atoms with Gasteiger partial charge in [-0.15, -0.1) is 0 Å². The van der Waals surface area contributed by atoms with E-state index < -0.39 is 0 Å². The van der Waals surface area contributed by atoms with Crippen molar-refractivity contribution in [3.63, 3.8) is 0 Å². The smallest absolute Gasteiger partial charge is 0.282 e. The molecule has 0 aliphatic carbocycles. The number of benzene rings is 1. The first-order chi connectivity index (χ1) is 11.6. The molecule has 2 heterocycles. The average molecular weight is 346 g/mol. The summed E-state index contributed by atoms with van der Waals surface area (Å²) in [5, 5.41) is 3.01. The number of aryl methyl sites for hydroxylation is 1. The molecule has 0 saturated carbocycles. The van der Waals surface area contributed by atoms with E-state index in [4.69, 9.17) is 22.1 Å². The van der Waals surface area contributed by atoms with Crippen molar-refractivity contribution in [1.29, 1.82) is 0 Å². The summed E-state index contributed by atoms with van der Waals surface area (Å²) in [7, 11) is 0. The highest BCUT2D eigenvalue weighted by molar-refractivity contribution is 6.29. The first-order valence-corrected chi connectivity index (χ1v) is 7.82. The van der Waals surface area contributed by atoms with Crippen molar-refractivity contribution in [2.45, 2.75) is 18.9 Å². The van der Waals surface area contributed by atoms with Crippen LogP contribution in [0.25, 0.3) is 0 Å². The van der Waals surface area contributed by atoms with Crippen molar-refractivity contribution in [3.8, 4) is 0 Å². The number of hydrogen-bond donors (Lipinski definition) is 2. The molecule has 0 unspecified atom stereocenters. The van der Waals surface area contributed by atoms with Crippen LogP contribution >= 0.6 is 11.6 Å². The minimum absolute atomic E-state index is 0.118. The van der Waals surface area contributed by atoms with Gasteiger partial charge in [0.2, 0.25) is 0 Å². The normalized spacial score (nSPS) is 16.4. The summed E-state index contributed by atoms with van der Waals surface area (Å²) in [6.45, 7) is 0.544. The quantitative estimate of drug-likeness (QED) is 0.863. The summed E-state index contributed by atoms with van der Waals surface area (Å²) in [5.41, 5.74) is 7.54. The number of rotatable bonds is 5. The number of aliphatic imine (C=N–C) groups is 1. The summed E-state index contributed by atoms with van der Waals surface area (Å²) in [4.78, 5) is 24.0. The highest BCUT2D eigenvalue weighted by Crippen LogP contribution is 2.15. The number of carbonyl (C=O) groups excluding carboxylic acids is 1. The van der Waals surface area contributed by atoms with E-state index in [2.05, 4.69) is 20.3 Å². The third-order valence-electron chi connectivity index (χ3n) is 3.56. The van der Waals surface area contributed by atoms with Crippen molar-refractivity contribution in [1.82, 2.24) is 9.97 Å². The Morgan fingerprint density at radius 1 is 1.29 bits per heavy atom. The number of amides is 1. The number of amidine groups is 1. The maximum atomic E-state index is 12.0. The topological polar surface area (TPSA) is 102 Å².